The summed E-state index contributed by atoms with van der Waals surface area (Å²) in [5.74, 6) is -1.71. The van der Waals surface area contributed by atoms with Gasteiger partial charge in [-0.25, -0.2) is 18.7 Å². The first-order chi connectivity index (χ1) is 15.3. The minimum atomic E-state index is -2.20. The normalized spacial score (nSPS) is 15.3. The molecule has 0 aliphatic carbocycles. The van der Waals surface area contributed by atoms with Crippen molar-refractivity contribution in [3.63, 3.8) is 0 Å². The minimum absolute atomic E-state index is 0.0235. The lowest BCUT2D eigenvalue weighted by atomic mass is 9.92. The molecule has 0 radical (unpaired) electrons. The van der Waals surface area contributed by atoms with Crippen LogP contribution in [0, 0.1) is 25.5 Å². The third kappa shape index (κ3) is 4.48. The molecule has 0 amide bonds. The van der Waals surface area contributed by atoms with E-state index in [0.29, 0.717) is 17.1 Å². The quantitative estimate of drug-likeness (QED) is 0.551. The van der Waals surface area contributed by atoms with Crippen LogP contribution in [-0.2, 0) is 6.61 Å². The van der Waals surface area contributed by atoms with Crippen molar-refractivity contribution in [2.24, 2.45) is 5.73 Å². The van der Waals surface area contributed by atoms with Crippen molar-refractivity contribution < 1.29 is 22.4 Å². The number of nitrogens with zero attached hydrogens (tertiary/aromatic N) is 3. The molecule has 3 aromatic rings. The SMILES string of the molecule is [2H]C([2H])([2H])CC(C)(N)CCC(=O)c1c(C)nc2c(OCc3c(F)cccc3F)nc(C)cn12. The highest BCUT2D eigenvalue weighted by Gasteiger charge is 2.23. The van der Waals surface area contributed by atoms with Crippen LogP contribution in [0.2, 0.25) is 0 Å². The molecule has 0 aliphatic rings. The summed E-state index contributed by atoms with van der Waals surface area (Å²) in [6, 6.07) is 3.53. The van der Waals surface area contributed by atoms with Gasteiger partial charge in [0.15, 0.2) is 5.78 Å². The van der Waals surface area contributed by atoms with E-state index in [1.807, 2.05) is 0 Å². The molecule has 1 atom stereocenters. The number of aryl methyl sites for hydroxylation is 2. The molecule has 6 nitrogen and oxygen atoms in total. The molecule has 160 valence electrons. The number of benzene rings is 1. The second-order valence-electron chi connectivity index (χ2n) is 7.67. The van der Waals surface area contributed by atoms with Gasteiger partial charge in [0.05, 0.1) is 17.0 Å². The van der Waals surface area contributed by atoms with Crippen molar-refractivity contribution in [3.05, 3.63) is 58.7 Å². The molecule has 8 heteroatoms. The number of hydrogen-bond donors (Lipinski definition) is 1. The first-order valence-corrected chi connectivity index (χ1v) is 9.51. The minimum Gasteiger partial charge on any atom is -0.470 e. The van der Waals surface area contributed by atoms with Gasteiger partial charge in [0.2, 0.25) is 5.65 Å². The first-order valence-electron chi connectivity index (χ1n) is 11.0. The number of aromatic nitrogens is 3. The van der Waals surface area contributed by atoms with Gasteiger partial charge in [0.1, 0.15) is 23.9 Å². The Morgan fingerprint density at radius 3 is 2.67 bits per heavy atom. The topological polar surface area (TPSA) is 82.5 Å². The van der Waals surface area contributed by atoms with E-state index >= 15 is 0 Å². The number of Topliss-reactive ketones (excluding diaryl/α,β-unsaturated/α-hetero) is 1. The smallest absolute Gasteiger partial charge is 0.258 e. The van der Waals surface area contributed by atoms with Crippen molar-refractivity contribution in [3.8, 4) is 5.88 Å². The van der Waals surface area contributed by atoms with Gasteiger partial charge in [-0.15, -0.1) is 0 Å². The predicted molar refractivity (Wildman–Crippen MR) is 110 cm³/mol. The van der Waals surface area contributed by atoms with Gasteiger partial charge in [-0.3, -0.25) is 9.20 Å². The van der Waals surface area contributed by atoms with E-state index in [2.05, 4.69) is 9.97 Å². The van der Waals surface area contributed by atoms with Gasteiger partial charge in [-0.05, 0) is 45.7 Å². The van der Waals surface area contributed by atoms with E-state index in [1.165, 1.54) is 10.5 Å². The van der Waals surface area contributed by atoms with E-state index in [1.54, 1.807) is 27.0 Å². The Bertz CT molecular complexity index is 1170. The Labute approximate surface area is 178 Å². The highest BCUT2D eigenvalue weighted by molar-refractivity contribution is 5.96. The number of nitrogens with two attached hydrogens (primary N) is 1. The molecule has 1 aromatic carbocycles. The Balaban J connectivity index is 1.87. The number of carbonyl (C=O) groups excluding carboxylic acids is 1. The van der Waals surface area contributed by atoms with E-state index in [-0.39, 0.29) is 42.1 Å². The van der Waals surface area contributed by atoms with Crippen LogP contribution in [0.4, 0.5) is 8.78 Å². The lowest BCUT2D eigenvalue weighted by molar-refractivity contribution is 0.0964. The van der Waals surface area contributed by atoms with Crippen molar-refractivity contribution >= 4 is 11.4 Å². The lowest BCUT2D eigenvalue weighted by Gasteiger charge is -2.21. The Morgan fingerprint density at radius 2 is 2.00 bits per heavy atom. The molecule has 3 rings (SSSR count). The summed E-state index contributed by atoms with van der Waals surface area (Å²) >= 11 is 0. The maximum Gasteiger partial charge on any atom is 0.258 e. The van der Waals surface area contributed by atoms with Crippen molar-refractivity contribution in [2.45, 2.75) is 59.0 Å². The third-order valence-electron chi connectivity index (χ3n) is 4.88. The van der Waals surface area contributed by atoms with Crippen LogP contribution in [0.25, 0.3) is 5.65 Å². The van der Waals surface area contributed by atoms with Crippen LogP contribution in [-0.4, -0.2) is 25.7 Å². The number of rotatable bonds is 8. The summed E-state index contributed by atoms with van der Waals surface area (Å²) in [4.78, 5) is 21.7. The molecule has 2 N–H and O–H groups in total. The number of fused-ring (bicyclic) bond motifs is 1. The van der Waals surface area contributed by atoms with Crippen LogP contribution in [0.3, 0.4) is 0 Å². The van der Waals surface area contributed by atoms with Gasteiger partial charge in [0, 0.05) is 22.3 Å². The number of ketones is 1. The fourth-order valence-electron chi connectivity index (χ4n) is 3.10. The second-order valence-corrected chi connectivity index (χ2v) is 7.67. The lowest BCUT2D eigenvalue weighted by Crippen LogP contribution is -2.35. The molecular weight excluding hydrogens is 390 g/mol. The van der Waals surface area contributed by atoms with Gasteiger partial charge in [-0.1, -0.05) is 12.9 Å². The monoisotopic (exact) mass is 419 g/mol. The standard InChI is InChI=1S/C22H26F2N4O2/c1-5-22(4,25)10-9-18(29)19-14(3)27-20-21(26-13(2)11-28(19)20)30-12-15-16(23)7-6-8-17(15)24/h6-8,11H,5,9-10,12,25H2,1-4H3/i1D3. The summed E-state index contributed by atoms with van der Waals surface area (Å²) in [5.41, 5.74) is 6.27. The van der Waals surface area contributed by atoms with Crippen molar-refractivity contribution in [1.29, 1.82) is 0 Å². The van der Waals surface area contributed by atoms with Crippen LogP contribution < -0.4 is 10.5 Å². The molecule has 2 heterocycles. The molecule has 2 aromatic heterocycles. The molecule has 0 fully saturated rings. The maximum absolute atomic E-state index is 14.0. The zero-order valence-electron chi connectivity index (χ0n) is 20.1. The molecule has 0 spiro atoms. The molecule has 30 heavy (non-hydrogen) atoms. The van der Waals surface area contributed by atoms with Crippen molar-refractivity contribution in [2.75, 3.05) is 0 Å². The van der Waals surface area contributed by atoms with Crippen LogP contribution >= 0.6 is 0 Å². The van der Waals surface area contributed by atoms with Crippen LogP contribution in [0.1, 0.15) is 64.6 Å². The molecule has 0 saturated heterocycles. The largest absolute Gasteiger partial charge is 0.470 e. The van der Waals surface area contributed by atoms with Crippen LogP contribution in [0.5, 0.6) is 5.88 Å². The zero-order valence-corrected chi connectivity index (χ0v) is 17.1. The molecule has 0 bridgehead atoms. The number of halogens is 2. The summed E-state index contributed by atoms with van der Waals surface area (Å²) in [7, 11) is 0. The van der Waals surface area contributed by atoms with E-state index < -0.39 is 30.6 Å². The van der Waals surface area contributed by atoms with E-state index in [0.717, 1.165) is 12.1 Å². The van der Waals surface area contributed by atoms with Crippen LogP contribution in [0.15, 0.2) is 24.4 Å². The summed E-state index contributed by atoms with van der Waals surface area (Å²) in [6.07, 6.45) is 1.60. The number of ether oxygens (including phenoxy) is 1. The molecule has 1 unspecified atom stereocenters. The number of hydrogen-bond acceptors (Lipinski definition) is 5. The second kappa shape index (κ2) is 8.47. The Morgan fingerprint density at radius 1 is 1.30 bits per heavy atom. The Kier molecular flexibility index (Phi) is 5.07. The van der Waals surface area contributed by atoms with Gasteiger partial charge >= 0.3 is 0 Å². The summed E-state index contributed by atoms with van der Waals surface area (Å²) < 4.78 is 57.3. The van der Waals surface area contributed by atoms with Crippen molar-refractivity contribution in [1.82, 2.24) is 14.4 Å². The zero-order chi connectivity index (χ0) is 24.6. The number of imidazole rings is 1. The average molecular weight is 419 g/mol. The maximum atomic E-state index is 14.0. The predicted octanol–water partition coefficient (Wildman–Crippen LogP) is 4.29. The van der Waals surface area contributed by atoms with Gasteiger partial charge < -0.3 is 10.5 Å². The Hall–Kier alpha value is -2.87. The van der Waals surface area contributed by atoms with Gasteiger partial charge in [-0.2, -0.15) is 0 Å². The molecule has 0 aliphatic heterocycles. The summed E-state index contributed by atoms with van der Waals surface area (Å²) in [5, 5.41) is 0. The average Bonchev–Trinajstić information content (AvgIpc) is 2.99. The first kappa shape index (κ1) is 17.9. The highest BCUT2D eigenvalue weighted by atomic mass is 19.1. The van der Waals surface area contributed by atoms with Gasteiger partial charge in [0.25, 0.3) is 5.88 Å². The summed E-state index contributed by atoms with van der Waals surface area (Å²) in [6.45, 7) is 2.35. The van der Waals surface area contributed by atoms with E-state index in [9.17, 15) is 13.6 Å². The fraction of sp³-hybridized carbons (Fsp3) is 0.409. The molecular formula is C22H26F2N4O2. The molecule has 0 saturated carbocycles. The van der Waals surface area contributed by atoms with E-state index in [4.69, 9.17) is 14.6 Å². The third-order valence-corrected chi connectivity index (χ3v) is 4.88. The number of carbonyl (C=O) groups is 1. The highest BCUT2D eigenvalue weighted by Crippen LogP contribution is 2.25. The fourth-order valence-corrected chi connectivity index (χ4v) is 3.10.